The molecule has 0 aromatic heterocycles. The molecule has 3 fully saturated rings. The van der Waals surface area contributed by atoms with Crippen LogP contribution in [0.2, 0.25) is 0 Å². The second kappa shape index (κ2) is 5.95. The van der Waals surface area contributed by atoms with Gasteiger partial charge < -0.3 is 16.0 Å². The molecule has 21 heavy (non-hydrogen) atoms. The number of rotatable bonds is 1. The number of nitrogens with one attached hydrogen (secondary N) is 1. The standard InChI is InChI=1S/C16H27N3O2/c1-10-12(3-2-4-13(10)17)16(21)19-8-7-14-11(9-19)5-6-15(20)18-14/h10-14H,2-9,17H2,1H3,(H,18,20). The summed E-state index contributed by atoms with van der Waals surface area (Å²) in [6.45, 7) is 3.71. The topological polar surface area (TPSA) is 75.4 Å². The maximum Gasteiger partial charge on any atom is 0.226 e. The Labute approximate surface area is 126 Å². The molecule has 118 valence electrons. The molecule has 5 nitrogen and oxygen atoms in total. The van der Waals surface area contributed by atoms with Gasteiger partial charge in [0.1, 0.15) is 0 Å². The smallest absolute Gasteiger partial charge is 0.226 e. The highest BCUT2D eigenvalue weighted by atomic mass is 16.2. The summed E-state index contributed by atoms with van der Waals surface area (Å²) in [5.74, 6) is 1.29. The molecule has 2 amide bonds. The number of nitrogens with two attached hydrogens (primary N) is 1. The number of amides is 2. The molecule has 3 N–H and O–H groups in total. The van der Waals surface area contributed by atoms with Gasteiger partial charge in [0.25, 0.3) is 0 Å². The quantitative estimate of drug-likeness (QED) is 0.753. The van der Waals surface area contributed by atoms with Crippen LogP contribution in [0.15, 0.2) is 0 Å². The van der Waals surface area contributed by atoms with Gasteiger partial charge in [0.2, 0.25) is 11.8 Å². The van der Waals surface area contributed by atoms with Crippen LogP contribution in [0.1, 0.15) is 45.4 Å². The molecule has 2 saturated heterocycles. The van der Waals surface area contributed by atoms with Crippen LogP contribution in [-0.4, -0.2) is 41.9 Å². The van der Waals surface area contributed by atoms with Gasteiger partial charge in [0.05, 0.1) is 0 Å². The molecule has 0 aromatic carbocycles. The molecule has 3 aliphatic rings. The van der Waals surface area contributed by atoms with Gasteiger partial charge in [-0.25, -0.2) is 0 Å². The van der Waals surface area contributed by atoms with Gasteiger partial charge in [-0.3, -0.25) is 9.59 Å². The third kappa shape index (κ3) is 2.93. The molecule has 2 heterocycles. The minimum Gasteiger partial charge on any atom is -0.353 e. The van der Waals surface area contributed by atoms with E-state index < -0.39 is 0 Å². The molecule has 0 radical (unpaired) electrons. The van der Waals surface area contributed by atoms with E-state index in [2.05, 4.69) is 12.2 Å². The van der Waals surface area contributed by atoms with Crippen molar-refractivity contribution in [2.75, 3.05) is 13.1 Å². The zero-order valence-corrected chi connectivity index (χ0v) is 12.9. The van der Waals surface area contributed by atoms with Gasteiger partial charge in [0.15, 0.2) is 0 Å². The molecule has 3 rings (SSSR count). The summed E-state index contributed by atoms with van der Waals surface area (Å²) < 4.78 is 0. The van der Waals surface area contributed by atoms with Crippen LogP contribution in [0.5, 0.6) is 0 Å². The average molecular weight is 293 g/mol. The van der Waals surface area contributed by atoms with Crippen molar-refractivity contribution in [3.05, 3.63) is 0 Å². The monoisotopic (exact) mass is 293 g/mol. The Balaban J connectivity index is 1.62. The summed E-state index contributed by atoms with van der Waals surface area (Å²) in [5, 5.41) is 3.08. The van der Waals surface area contributed by atoms with E-state index in [1.807, 2.05) is 4.90 Å². The van der Waals surface area contributed by atoms with E-state index in [1.165, 1.54) is 0 Å². The minimum absolute atomic E-state index is 0.100. The van der Waals surface area contributed by atoms with E-state index >= 15 is 0 Å². The molecule has 0 bridgehead atoms. The Morgan fingerprint density at radius 1 is 1.29 bits per heavy atom. The molecule has 0 aromatic rings. The summed E-state index contributed by atoms with van der Waals surface area (Å²) in [7, 11) is 0. The van der Waals surface area contributed by atoms with Crippen LogP contribution in [0.4, 0.5) is 0 Å². The lowest BCUT2D eigenvalue weighted by atomic mass is 9.76. The molecule has 1 aliphatic carbocycles. The molecule has 5 heteroatoms. The lowest BCUT2D eigenvalue weighted by Crippen LogP contribution is -2.56. The number of nitrogens with zero attached hydrogens (tertiary/aromatic N) is 1. The van der Waals surface area contributed by atoms with Crippen molar-refractivity contribution in [2.45, 2.75) is 57.5 Å². The molecule has 5 atom stereocenters. The molecule has 1 saturated carbocycles. The number of likely N-dealkylation sites (tertiary alicyclic amines) is 1. The Morgan fingerprint density at radius 3 is 2.90 bits per heavy atom. The lowest BCUT2D eigenvalue weighted by molar-refractivity contribution is -0.141. The summed E-state index contributed by atoms with van der Waals surface area (Å²) in [5.41, 5.74) is 6.14. The van der Waals surface area contributed by atoms with Crippen molar-refractivity contribution in [1.82, 2.24) is 10.2 Å². The number of carbonyl (C=O) groups excluding carboxylic acids is 2. The summed E-state index contributed by atoms with van der Waals surface area (Å²) in [4.78, 5) is 26.3. The molecular weight excluding hydrogens is 266 g/mol. The van der Waals surface area contributed by atoms with Gasteiger partial charge in [-0.2, -0.15) is 0 Å². The van der Waals surface area contributed by atoms with E-state index in [-0.39, 0.29) is 29.8 Å². The maximum absolute atomic E-state index is 12.8. The fourth-order valence-corrected chi connectivity index (χ4v) is 4.29. The van der Waals surface area contributed by atoms with Crippen molar-refractivity contribution in [2.24, 2.45) is 23.5 Å². The van der Waals surface area contributed by atoms with E-state index in [0.717, 1.165) is 45.2 Å². The fraction of sp³-hybridized carbons (Fsp3) is 0.875. The Bertz CT molecular complexity index is 426. The van der Waals surface area contributed by atoms with E-state index in [0.29, 0.717) is 18.2 Å². The molecular formula is C16H27N3O2. The molecule has 2 aliphatic heterocycles. The van der Waals surface area contributed by atoms with Crippen LogP contribution in [0.25, 0.3) is 0 Å². The highest BCUT2D eigenvalue weighted by molar-refractivity contribution is 5.80. The second-order valence-corrected chi connectivity index (χ2v) is 7.11. The minimum atomic E-state index is 0.100. The van der Waals surface area contributed by atoms with E-state index in [9.17, 15) is 9.59 Å². The van der Waals surface area contributed by atoms with Gasteiger partial charge in [-0.1, -0.05) is 13.3 Å². The number of piperidine rings is 2. The average Bonchev–Trinajstić information content (AvgIpc) is 2.49. The van der Waals surface area contributed by atoms with Gasteiger partial charge in [-0.15, -0.1) is 0 Å². The fourth-order valence-electron chi connectivity index (χ4n) is 4.29. The zero-order chi connectivity index (χ0) is 15.0. The number of hydrogen-bond donors (Lipinski definition) is 2. The Morgan fingerprint density at radius 2 is 2.10 bits per heavy atom. The van der Waals surface area contributed by atoms with Crippen LogP contribution in [0.3, 0.4) is 0 Å². The SMILES string of the molecule is CC1C(N)CCCC1C(=O)N1CCC2NC(=O)CCC2C1. The molecule has 0 spiro atoms. The summed E-state index contributed by atoms with van der Waals surface area (Å²) >= 11 is 0. The van der Waals surface area contributed by atoms with Crippen molar-refractivity contribution in [3.8, 4) is 0 Å². The van der Waals surface area contributed by atoms with Crippen LogP contribution < -0.4 is 11.1 Å². The van der Waals surface area contributed by atoms with Gasteiger partial charge in [-0.05, 0) is 37.5 Å². The highest BCUT2D eigenvalue weighted by Gasteiger charge is 2.39. The Kier molecular flexibility index (Phi) is 4.20. The third-order valence-electron chi connectivity index (χ3n) is 5.81. The first-order valence-electron chi connectivity index (χ1n) is 8.40. The van der Waals surface area contributed by atoms with E-state index in [4.69, 9.17) is 5.73 Å². The van der Waals surface area contributed by atoms with Crippen molar-refractivity contribution >= 4 is 11.8 Å². The first-order valence-corrected chi connectivity index (χ1v) is 8.40. The van der Waals surface area contributed by atoms with Crippen molar-refractivity contribution < 1.29 is 9.59 Å². The first-order chi connectivity index (χ1) is 10.1. The molecule has 5 unspecified atom stereocenters. The number of hydrogen-bond acceptors (Lipinski definition) is 3. The van der Waals surface area contributed by atoms with Crippen LogP contribution >= 0.6 is 0 Å². The number of carbonyl (C=O) groups is 2. The van der Waals surface area contributed by atoms with Crippen molar-refractivity contribution in [1.29, 1.82) is 0 Å². The normalized spacial score (nSPS) is 40.4. The van der Waals surface area contributed by atoms with Gasteiger partial charge >= 0.3 is 0 Å². The zero-order valence-electron chi connectivity index (χ0n) is 12.9. The Hall–Kier alpha value is -1.10. The van der Waals surface area contributed by atoms with Crippen molar-refractivity contribution in [3.63, 3.8) is 0 Å². The van der Waals surface area contributed by atoms with Crippen LogP contribution in [-0.2, 0) is 9.59 Å². The highest BCUT2D eigenvalue weighted by Crippen LogP contribution is 2.33. The predicted molar refractivity (Wildman–Crippen MR) is 80.3 cm³/mol. The van der Waals surface area contributed by atoms with E-state index in [1.54, 1.807) is 0 Å². The lowest BCUT2D eigenvalue weighted by Gasteiger charge is -2.44. The number of fused-ring (bicyclic) bond motifs is 1. The third-order valence-corrected chi connectivity index (χ3v) is 5.81. The second-order valence-electron chi connectivity index (χ2n) is 7.11. The van der Waals surface area contributed by atoms with Crippen LogP contribution in [0, 0.1) is 17.8 Å². The first kappa shape index (κ1) is 14.8. The maximum atomic E-state index is 12.8. The largest absolute Gasteiger partial charge is 0.353 e. The summed E-state index contributed by atoms with van der Waals surface area (Å²) in [6, 6.07) is 0.445. The summed E-state index contributed by atoms with van der Waals surface area (Å²) in [6.07, 6.45) is 5.51. The predicted octanol–water partition coefficient (Wildman–Crippen LogP) is 0.877. The van der Waals surface area contributed by atoms with Gasteiger partial charge in [0, 0.05) is 37.5 Å².